The average Bonchev–Trinajstić information content (AvgIpc) is 3.28. The second kappa shape index (κ2) is 6.68. The smallest absolute Gasteiger partial charge is 0.0835 e. The molecule has 3 heterocycles. The Balaban J connectivity index is 1.29. The first-order valence-electron chi connectivity index (χ1n) is 7.73. The van der Waals surface area contributed by atoms with Crippen molar-refractivity contribution in [1.82, 2.24) is 9.80 Å². The lowest BCUT2D eigenvalue weighted by Gasteiger charge is -2.36. The van der Waals surface area contributed by atoms with Crippen LogP contribution >= 0.6 is 0 Å². The van der Waals surface area contributed by atoms with Crippen LogP contribution in [0, 0.1) is 0 Å². The molecule has 0 spiro atoms. The zero-order valence-electron chi connectivity index (χ0n) is 12.0. The monoisotopic (exact) mass is 286 g/mol. The summed E-state index contributed by atoms with van der Waals surface area (Å²) in [6.45, 7) is 6.98. The molecule has 3 aliphatic rings. The number of epoxide rings is 2. The van der Waals surface area contributed by atoms with Crippen molar-refractivity contribution < 1.29 is 19.7 Å². The fraction of sp³-hybridized carbons (Fsp3) is 1.00. The molecule has 0 aliphatic carbocycles. The fourth-order valence-corrected chi connectivity index (χ4v) is 2.91. The minimum absolute atomic E-state index is 0.272. The van der Waals surface area contributed by atoms with Gasteiger partial charge < -0.3 is 19.7 Å². The standard InChI is InChI=1S/C14H26N2O4/c17-11(5-13-9-19-13)7-15-1-2-16(4-3-15)8-12(18)6-14-10-20-14/h11-14,17-18H,1-10H2. The molecule has 3 fully saturated rings. The summed E-state index contributed by atoms with van der Waals surface area (Å²) in [5.74, 6) is 0. The molecule has 6 nitrogen and oxygen atoms in total. The Hall–Kier alpha value is -0.240. The predicted octanol–water partition coefficient (Wildman–Crippen LogP) is -1.10. The summed E-state index contributed by atoms with van der Waals surface area (Å²) in [7, 11) is 0. The molecule has 0 aromatic rings. The minimum Gasteiger partial charge on any atom is -0.392 e. The Morgan fingerprint density at radius 2 is 1.15 bits per heavy atom. The Bertz CT molecular complexity index is 272. The maximum atomic E-state index is 9.94. The molecule has 2 N–H and O–H groups in total. The summed E-state index contributed by atoms with van der Waals surface area (Å²) in [5, 5.41) is 19.9. The Kier molecular flexibility index (Phi) is 4.91. The molecule has 0 saturated carbocycles. The van der Waals surface area contributed by atoms with Gasteiger partial charge in [0.1, 0.15) is 0 Å². The van der Waals surface area contributed by atoms with Crippen molar-refractivity contribution >= 4 is 0 Å². The zero-order chi connectivity index (χ0) is 13.9. The van der Waals surface area contributed by atoms with Crippen molar-refractivity contribution in [2.45, 2.75) is 37.3 Å². The first-order valence-corrected chi connectivity index (χ1v) is 7.73. The van der Waals surface area contributed by atoms with Crippen molar-refractivity contribution in [3.05, 3.63) is 0 Å². The number of hydrogen-bond acceptors (Lipinski definition) is 6. The third kappa shape index (κ3) is 4.95. The van der Waals surface area contributed by atoms with Crippen LogP contribution in [0.1, 0.15) is 12.8 Å². The Morgan fingerprint density at radius 1 is 0.800 bits per heavy atom. The van der Waals surface area contributed by atoms with Crippen LogP contribution < -0.4 is 0 Å². The van der Waals surface area contributed by atoms with Crippen molar-refractivity contribution in [2.24, 2.45) is 0 Å². The van der Waals surface area contributed by atoms with E-state index in [-0.39, 0.29) is 12.2 Å². The number of rotatable bonds is 8. The van der Waals surface area contributed by atoms with Gasteiger partial charge in [-0.1, -0.05) is 0 Å². The van der Waals surface area contributed by atoms with Gasteiger partial charge in [-0.25, -0.2) is 0 Å². The largest absolute Gasteiger partial charge is 0.392 e. The maximum Gasteiger partial charge on any atom is 0.0835 e. The van der Waals surface area contributed by atoms with E-state index in [2.05, 4.69) is 9.80 Å². The minimum atomic E-state index is -0.272. The maximum absolute atomic E-state index is 9.94. The summed E-state index contributed by atoms with van der Waals surface area (Å²) in [6.07, 6.45) is 1.58. The molecule has 3 saturated heterocycles. The van der Waals surface area contributed by atoms with Gasteiger partial charge in [-0.3, -0.25) is 9.80 Å². The second-order valence-corrected chi connectivity index (χ2v) is 6.29. The second-order valence-electron chi connectivity index (χ2n) is 6.29. The topological polar surface area (TPSA) is 72.0 Å². The van der Waals surface area contributed by atoms with Gasteiger partial charge in [0.15, 0.2) is 0 Å². The van der Waals surface area contributed by atoms with E-state index in [1.54, 1.807) is 0 Å². The van der Waals surface area contributed by atoms with E-state index in [0.717, 1.165) is 65.3 Å². The van der Waals surface area contributed by atoms with Gasteiger partial charge in [0.2, 0.25) is 0 Å². The fourth-order valence-electron chi connectivity index (χ4n) is 2.91. The zero-order valence-corrected chi connectivity index (χ0v) is 12.0. The number of ether oxygens (including phenoxy) is 2. The number of aliphatic hydroxyl groups excluding tert-OH is 2. The van der Waals surface area contributed by atoms with Gasteiger partial charge >= 0.3 is 0 Å². The van der Waals surface area contributed by atoms with Crippen molar-refractivity contribution in [3.63, 3.8) is 0 Å². The van der Waals surface area contributed by atoms with E-state index >= 15 is 0 Å². The number of β-amino-alcohol motifs (C(OH)–C–C–N with tert-alkyl or cyclic N) is 2. The molecule has 0 bridgehead atoms. The normalized spacial score (nSPS) is 33.9. The summed E-state index contributed by atoms with van der Waals surface area (Å²) in [6, 6.07) is 0. The van der Waals surface area contributed by atoms with Crippen LogP contribution in [-0.2, 0) is 9.47 Å². The predicted molar refractivity (Wildman–Crippen MR) is 73.6 cm³/mol. The van der Waals surface area contributed by atoms with Gasteiger partial charge in [-0.15, -0.1) is 0 Å². The van der Waals surface area contributed by atoms with Crippen molar-refractivity contribution in [3.8, 4) is 0 Å². The van der Waals surface area contributed by atoms with Crippen molar-refractivity contribution in [1.29, 1.82) is 0 Å². The highest BCUT2D eigenvalue weighted by atomic mass is 16.6. The molecule has 20 heavy (non-hydrogen) atoms. The lowest BCUT2D eigenvalue weighted by Crippen LogP contribution is -2.50. The van der Waals surface area contributed by atoms with Crippen LogP contribution in [0.3, 0.4) is 0 Å². The van der Waals surface area contributed by atoms with Crippen LogP contribution in [0.4, 0.5) is 0 Å². The van der Waals surface area contributed by atoms with Gasteiger partial charge in [0.25, 0.3) is 0 Å². The van der Waals surface area contributed by atoms with Gasteiger partial charge in [0, 0.05) is 52.1 Å². The number of nitrogens with zero attached hydrogens (tertiary/aromatic N) is 2. The first-order chi connectivity index (χ1) is 9.69. The molecule has 4 atom stereocenters. The molecule has 0 amide bonds. The summed E-state index contributed by atoms with van der Waals surface area (Å²) in [5.41, 5.74) is 0. The third-order valence-electron chi connectivity index (χ3n) is 4.28. The summed E-state index contributed by atoms with van der Waals surface area (Å²) >= 11 is 0. The van der Waals surface area contributed by atoms with E-state index in [9.17, 15) is 10.2 Å². The highest BCUT2D eigenvalue weighted by Gasteiger charge is 2.29. The molecule has 6 heteroatoms. The van der Waals surface area contributed by atoms with Crippen LogP contribution in [0.25, 0.3) is 0 Å². The quantitative estimate of drug-likeness (QED) is 0.552. The van der Waals surface area contributed by atoms with E-state index in [0.29, 0.717) is 12.2 Å². The van der Waals surface area contributed by atoms with Crippen LogP contribution in [0.5, 0.6) is 0 Å². The molecule has 0 aromatic heterocycles. The molecule has 0 radical (unpaired) electrons. The van der Waals surface area contributed by atoms with E-state index in [4.69, 9.17) is 9.47 Å². The molecular weight excluding hydrogens is 260 g/mol. The Morgan fingerprint density at radius 3 is 1.45 bits per heavy atom. The van der Waals surface area contributed by atoms with Crippen molar-refractivity contribution in [2.75, 3.05) is 52.5 Å². The van der Waals surface area contributed by atoms with Gasteiger partial charge in [-0.05, 0) is 0 Å². The van der Waals surface area contributed by atoms with Crippen LogP contribution in [0.15, 0.2) is 0 Å². The highest BCUT2D eigenvalue weighted by molar-refractivity contribution is 4.81. The summed E-state index contributed by atoms with van der Waals surface area (Å²) < 4.78 is 10.3. The average molecular weight is 286 g/mol. The van der Waals surface area contributed by atoms with Gasteiger partial charge in [-0.2, -0.15) is 0 Å². The molecule has 3 aliphatic heterocycles. The van der Waals surface area contributed by atoms with Crippen LogP contribution in [-0.4, -0.2) is 96.9 Å². The van der Waals surface area contributed by atoms with E-state index in [1.807, 2.05) is 0 Å². The number of hydrogen-bond donors (Lipinski definition) is 2. The molecule has 116 valence electrons. The number of aliphatic hydroxyl groups is 2. The number of piperazine rings is 1. The lowest BCUT2D eigenvalue weighted by atomic mass is 10.1. The summed E-state index contributed by atoms with van der Waals surface area (Å²) in [4.78, 5) is 4.61. The van der Waals surface area contributed by atoms with Gasteiger partial charge in [0.05, 0.1) is 37.6 Å². The highest BCUT2D eigenvalue weighted by Crippen LogP contribution is 2.18. The molecule has 3 rings (SSSR count). The molecule has 0 aromatic carbocycles. The van der Waals surface area contributed by atoms with E-state index in [1.165, 1.54) is 0 Å². The third-order valence-corrected chi connectivity index (χ3v) is 4.28. The molecule has 4 unspecified atom stereocenters. The van der Waals surface area contributed by atoms with E-state index < -0.39 is 0 Å². The SMILES string of the molecule is OC(CC1CO1)CN1CCN(CC(O)CC2CO2)CC1. The Labute approximate surface area is 120 Å². The van der Waals surface area contributed by atoms with Crippen LogP contribution in [0.2, 0.25) is 0 Å². The lowest BCUT2D eigenvalue weighted by molar-refractivity contribution is 0.0409. The first kappa shape index (κ1) is 14.7. The molecular formula is C14H26N2O4.